The van der Waals surface area contributed by atoms with Gasteiger partial charge in [0.25, 0.3) is 0 Å². The fraction of sp³-hybridized carbons (Fsp3) is 0.231. The van der Waals surface area contributed by atoms with Gasteiger partial charge < -0.3 is 14.2 Å². The van der Waals surface area contributed by atoms with Gasteiger partial charge in [-0.05, 0) is 23.8 Å². The van der Waals surface area contributed by atoms with E-state index in [1.807, 2.05) is 0 Å². The highest BCUT2D eigenvalue weighted by Crippen LogP contribution is 2.32. The normalized spacial score (nSPS) is 20.1. The van der Waals surface area contributed by atoms with Gasteiger partial charge in [-0.1, -0.05) is 6.07 Å². The van der Waals surface area contributed by atoms with E-state index in [2.05, 4.69) is 4.74 Å². The smallest absolute Gasteiger partial charge is 0.342 e. The summed E-state index contributed by atoms with van der Waals surface area (Å²) in [5.74, 6) is 0.250. The van der Waals surface area contributed by atoms with E-state index in [4.69, 9.17) is 9.47 Å². The summed E-state index contributed by atoms with van der Waals surface area (Å²) in [5.41, 5.74) is 1.14. The second-order valence-electron chi connectivity index (χ2n) is 4.01. The molecule has 3 rings (SSSR count). The van der Waals surface area contributed by atoms with E-state index in [0.717, 1.165) is 5.56 Å². The number of carbonyl (C=O) groups excluding carboxylic acids is 2. The van der Waals surface area contributed by atoms with E-state index in [0.29, 0.717) is 30.3 Å². The van der Waals surface area contributed by atoms with Gasteiger partial charge in [0.1, 0.15) is 13.2 Å². The summed E-state index contributed by atoms with van der Waals surface area (Å²) in [5, 5.41) is 0. The van der Waals surface area contributed by atoms with Crippen molar-refractivity contribution in [3.63, 3.8) is 0 Å². The van der Waals surface area contributed by atoms with Crippen LogP contribution in [-0.4, -0.2) is 25.2 Å². The van der Waals surface area contributed by atoms with E-state index in [1.165, 1.54) is 0 Å². The van der Waals surface area contributed by atoms with Crippen molar-refractivity contribution in [2.24, 2.45) is 0 Å². The Balaban J connectivity index is 1.91. The molecule has 0 aliphatic carbocycles. The number of rotatable bonds is 1. The van der Waals surface area contributed by atoms with Gasteiger partial charge in [-0.3, -0.25) is 4.79 Å². The summed E-state index contributed by atoms with van der Waals surface area (Å²) in [6.45, 7) is 1.04. The molecule has 0 N–H and O–H groups in total. The molecule has 1 aromatic carbocycles. The number of fused-ring (bicyclic) bond motifs is 1. The quantitative estimate of drug-likeness (QED) is 0.425. The standard InChI is InChI=1S/C13H10O5/c14-12-7-9(13(15)18-12)5-8-1-2-10-11(6-8)17-4-3-16-10/h1-2,5-6H,3-4,7H2/b9-5+. The molecule has 0 radical (unpaired) electrons. The van der Waals surface area contributed by atoms with Crippen LogP contribution in [0.15, 0.2) is 23.8 Å². The van der Waals surface area contributed by atoms with Crippen LogP contribution in [0.4, 0.5) is 0 Å². The Labute approximate surface area is 103 Å². The van der Waals surface area contributed by atoms with Crippen LogP contribution in [0.2, 0.25) is 0 Å². The number of ether oxygens (including phenoxy) is 3. The lowest BCUT2D eigenvalue weighted by Crippen LogP contribution is -2.15. The lowest BCUT2D eigenvalue weighted by Gasteiger charge is -2.18. The minimum absolute atomic E-state index is 0.0211. The fourth-order valence-electron chi connectivity index (χ4n) is 1.89. The molecule has 2 aliphatic heterocycles. The largest absolute Gasteiger partial charge is 0.486 e. The highest BCUT2D eigenvalue weighted by Gasteiger charge is 2.26. The molecule has 0 spiro atoms. The third kappa shape index (κ3) is 1.95. The summed E-state index contributed by atoms with van der Waals surface area (Å²) >= 11 is 0. The molecule has 0 atom stereocenters. The van der Waals surface area contributed by atoms with Crippen LogP contribution in [0.1, 0.15) is 12.0 Å². The van der Waals surface area contributed by atoms with Crippen LogP contribution in [0.25, 0.3) is 6.08 Å². The van der Waals surface area contributed by atoms with Crippen molar-refractivity contribution in [3.05, 3.63) is 29.3 Å². The van der Waals surface area contributed by atoms with Crippen molar-refractivity contribution in [2.75, 3.05) is 13.2 Å². The maximum atomic E-state index is 11.3. The Morgan fingerprint density at radius 3 is 2.56 bits per heavy atom. The molecule has 18 heavy (non-hydrogen) atoms. The molecule has 5 heteroatoms. The van der Waals surface area contributed by atoms with Crippen LogP contribution in [0.3, 0.4) is 0 Å². The zero-order valence-corrected chi connectivity index (χ0v) is 9.47. The van der Waals surface area contributed by atoms with E-state index in [9.17, 15) is 9.59 Å². The monoisotopic (exact) mass is 246 g/mol. The first-order valence-corrected chi connectivity index (χ1v) is 5.57. The minimum Gasteiger partial charge on any atom is -0.486 e. The summed E-state index contributed by atoms with van der Waals surface area (Å²) in [4.78, 5) is 22.3. The van der Waals surface area contributed by atoms with Gasteiger partial charge in [-0.2, -0.15) is 0 Å². The number of benzene rings is 1. The number of carbonyl (C=O) groups is 2. The van der Waals surface area contributed by atoms with Crippen LogP contribution in [0.5, 0.6) is 11.5 Å². The van der Waals surface area contributed by atoms with Gasteiger partial charge in [0.2, 0.25) is 0 Å². The first kappa shape index (κ1) is 10.8. The SMILES string of the molecule is O=C1C/C(=C\c2ccc3c(c2)OCCO3)C(=O)O1. The first-order valence-electron chi connectivity index (χ1n) is 5.57. The Hall–Kier alpha value is -2.30. The number of esters is 2. The second kappa shape index (κ2) is 4.18. The maximum absolute atomic E-state index is 11.3. The Kier molecular flexibility index (Phi) is 2.51. The average Bonchev–Trinajstić information content (AvgIpc) is 2.68. The van der Waals surface area contributed by atoms with Crippen LogP contribution in [-0.2, 0) is 14.3 Å². The molecule has 2 aliphatic rings. The average molecular weight is 246 g/mol. The molecule has 5 nitrogen and oxygen atoms in total. The molecule has 2 heterocycles. The van der Waals surface area contributed by atoms with Gasteiger partial charge in [-0.15, -0.1) is 0 Å². The molecule has 1 saturated heterocycles. The van der Waals surface area contributed by atoms with Gasteiger partial charge in [-0.25, -0.2) is 4.79 Å². The van der Waals surface area contributed by atoms with E-state index >= 15 is 0 Å². The summed E-state index contributed by atoms with van der Waals surface area (Å²) in [7, 11) is 0. The van der Waals surface area contributed by atoms with Gasteiger partial charge in [0, 0.05) is 5.57 Å². The number of cyclic esters (lactones) is 2. The Morgan fingerprint density at radius 1 is 1.06 bits per heavy atom. The summed E-state index contributed by atoms with van der Waals surface area (Å²) in [6, 6.07) is 5.36. The van der Waals surface area contributed by atoms with Crippen molar-refractivity contribution in [1.29, 1.82) is 0 Å². The highest BCUT2D eigenvalue weighted by atomic mass is 16.6. The van der Waals surface area contributed by atoms with Crippen LogP contribution < -0.4 is 9.47 Å². The lowest BCUT2D eigenvalue weighted by atomic mass is 10.1. The molecule has 0 aromatic heterocycles. The molecule has 0 amide bonds. The van der Waals surface area contributed by atoms with E-state index in [1.54, 1.807) is 24.3 Å². The highest BCUT2D eigenvalue weighted by molar-refractivity contribution is 6.08. The van der Waals surface area contributed by atoms with Crippen LogP contribution in [0, 0.1) is 0 Å². The molecule has 0 saturated carbocycles. The molecule has 0 bridgehead atoms. The molecule has 0 unspecified atom stereocenters. The topological polar surface area (TPSA) is 61.8 Å². The van der Waals surface area contributed by atoms with Gasteiger partial charge in [0.15, 0.2) is 11.5 Å². The predicted octanol–water partition coefficient (Wildman–Crippen LogP) is 1.31. The van der Waals surface area contributed by atoms with Crippen molar-refractivity contribution in [1.82, 2.24) is 0 Å². The van der Waals surface area contributed by atoms with Crippen LogP contribution >= 0.6 is 0 Å². The fourth-order valence-corrected chi connectivity index (χ4v) is 1.89. The summed E-state index contributed by atoms with van der Waals surface area (Å²) < 4.78 is 15.3. The lowest BCUT2D eigenvalue weighted by molar-refractivity contribution is -0.151. The number of hydrogen-bond donors (Lipinski definition) is 0. The maximum Gasteiger partial charge on any atom is 0.342 e. The number of hydrogen-bond acceptors (Lipinski definition) is 5. The van der Waals surface area contributed by atoms with Crippen molar-refractivity contribution in [3.8, 4) is 11.5 Å². The third-order valence-corrected chi connectivity index (χ3v) is 2.71. The Morgan fingerprint density at radius 2 is 1.83 bits per heavy atom. The van der Waals surface area contributed by atoms with Gasteiger partial charge in [0.05, 0.1) is 6.42 Å². The second-order valence-corrected chi connectivity index (χ2v) is 4.01. The molecule has 1 aromatic rings. The molecule has 1 fully saturated rings. The van der Waals surface area contributed by atoms with E-state index in [-0.39, 0.29) is 6.42 Å². The molecule has 92 valence electrons. The first-order chi connectivity index (χ1) is 8.72. The minimum atomic E-state index is -0.574. The zero-order valence-electron chi connectivity index (χ0n) is 9.47. The molecular weight excluding hydrogens is 236 g/mol. The Bertz CT molecular complexity index is 559. The van der Waals surface area contributed by atoms with Gasteiger partial charge >= 0.3 is 11.9 Å². The van der Waals surface area contributed by atoms with E-state index < -0.39 is 11.9 Å². The summed E-state index contributed by atoms with van der Waals surface area (Å²) in [6.07, 6.45) is 1.65. The zero-order chi connectivity index (χ0) is 12.5. The van der Waals surface area contributed by atoms with Crippen molar-refractivity contribution in [2.45, 2.75) is 6.42 Å². The van der Waals surface area contributed by atoms with Crippen molar-refractivity contribution >= 4 is 18.0 Å². The third-order valence-electron chi connectivity index (χ3n) is 2.71. The molecular formula is C13H10O5. The predicted molar refractivity (Wildman–Crippen MR) is 61.1 cm³/mol. The van der Waals surface area contributed by atoms with Crippen molar-refractivity contribution < 1.29 is 23.8 Å².